The highest BCUT2D eigenvalue weighted by Crippen LogP contribution is 2.26. The van der Waals surface area contributed by atoms with E-state index >= 15 is 0 Å². The number of rotatable bonds is 8. The molecule has 0 fully saturated rings. The maximum atomic E-state index is 12.3. The lowest BCUT2D eigenvalue weighted by atomic mass is 10.1. The number of methoxy groups -OCH3 is 1. The fourth-order valence-corrected chi connectivity index (χ4v) is 4.57. The lowest BCUT2D eigenvalue weighted by Gasteiger charge is -2.06. The number of ether oxygens (including phenoxy) is 1. The van der Waals surface area contributed by atoms with E-state index in [1.807, 2.05) is 38.1 Å². The lowest BCUT2D eigenvalue weighted by molar-refractivity contribution is -0.118. The van der Waals surface area contributed by atoms with Crippen molar-refractivity contribution < 1.29 is 9.53 Å². The summed E-state index contributed by atoms with van der Waals surface area (Å²) in [6.45, 7) is 4.52. The summed E-state index contributed by atoms with van der Waals surface area (Å²) in [6, 6.07) is 7.81. The number of nitrogens with zero attached hydrogens (tertiary/aromatic N) is 1. The molecule has 0 radical (unpaired) electrons. The molecule has 1 amide bonds. The number of hydrogen-bond acceptors (Lipinski definition) is 6. The van der Waals surface area contributed by atoms with Crippen LogP contribution in [0.3, 0.4) is 0 Å². The van der Waals surface area contributed by atoms with Crippen molar-refractivity contribution in [3.8, 4) is 5.75 Å². The monoisotopic (exact) mass is 417 g/mol. The second-order valence-corrected chi connectivity index (χ2v) is 8.61. The summed E-state index contributed by atoms with van der Waals surface area (Å²) >= 11 is 2.97. The maximum Gasteiger partial charge on any atom is 0.259 e. The summed E-state index contributed by atoms with van der Waals surface area (Å²) in [7, 11) is 1.64. The summed E-state index contributed by atoms with van der Waals surface area (Å²) in [6.07, 6.45) is 0.767. The minimum atomic E-state index is -0.105. The zero-order valence-corrected chi connectivity index (χ0v) is 17.8. The van der Waals surface area contributed by atoms with Gasteiger partial charge in [-0.3, -0.25) is 9.59 Å². The third-order valence-corrected chi connectivity index (χ3v) is 6.50. The Labute approximate surface area is 171 Å². The van der Waals surface area contributed by atoms with Crippen molar-refractivity contribution in [2.45, 2.75) is 26.0 Å². The van der Waals surface area contributed by atoms with Crippen LogP contribution in [0.5, 0.6) is 5.75 Å². The lowest BCUT2D eigenvalue weighted by Crippen LogP contribution is -2.27. The van der Waals surface area contributed by atoms with Gasteiger partial charge in [-0.2, -0.15) is 0 Å². The van der Waals surface area contributed by atoms with Crippen LogP contribution < -0.4 is 15.6 Å². The second kappa shape index (κ2) is 9.25. The van der Waals surface area contributed by atoms with Crippen LogP contribution in [0.2, 0.25) is 0 Å². The van der Waals surface area contributed by atoms with Crippen LogP contribution in [0.15, 0.2) is 29.1 Å². The van der Waals surface area contributed by atoms with Crippen LogP contribution in [-0.4, -0.2) is 35.3 Å². The summed E-state index contributed by atoms with van der Waals surface area (Å²) in [5.41, 5.74) is 2.03. The van der Waals surface area contributed by atoms with Crippen molar-refractivity contribution in [1.29, 1.82) is 0 Å². The number of nitrogens with one attached hydrogen (secondary N) is 2. The number of thiophene rings is 1. The Morgan fingerprint density at radius 2 is 2.04 bits per heavy atom. The van der Waals surface area contributed by atoms with E-state index in [0.717, 1.165) is 33.0 Å². The van der Waals surface area contributed by atoms with E-state index in [1.165, 1.54) is 23.1 Å². The topological polar surface area (TPSA) is 84.1 Å². The molecule has 8 heteroatoms. The predicted octanol–water partition coefficient (Wildman–Crippen LogP) is 3.20. The van der Waals surface area contributed by atoms with Crippen LogP contribution in [-0.2, 0) is 17.0 Å². The third-order valence-electron chi connectivity index (χ3n) is 4.45. The first kappa shape index (κ1) is 20.4. The molecule has 2 N–H and O–H groups in total. The molecule has 0 saturated heterocycles. The van der Waals surface area contributed by atoms with Gasteiger partial charge < -0.3 is 15.0 Å². The molecule has 0 aliphatic rings. The van der Waals surface area contributed by atoms with Gasteiger partial charge >= 0.3 is 0 Å². The van der Waals surface area contributed by atoms with Crippen LogP contribution in [0.4, 0.5) is 0 Å². The highest BCUT2D eigenvalue weighted by Gasteiger charge is 2.12. The Morgan fingerprint density at radius 1 is 1.29 bits per heavy atom. The Balaban J connectivity index is 1.45. The smallest absolute Gasteiger partial charge is 0.259 e. The summed E-state index contributed by atoms with van der Waals surface area (Å²) in [4.78, 5) is 33.5. The van der Waals surface area contributed by atoms with Crippen molar-refractivity contribution in [3.05, 3.63) is 56.4 Å². The van der Waals surface area contributed by atoms with Crippen molar-refractivity contribution in [3.63, 3.8) is 0 Å². The minimum absolute atomic E-state index is 0.0234. The minimum Gasteiger partial charge on any atom is -0.497 e. The first-order valence-electron chi connectivity index (χ1n) is 8.94. The molecule has 0 bridgehead atoms. The van der Waals surface area contributed by atoms with Crippen LogP contribution in [0.25, 0.3) is 10.2 Å². The molecule has 6 nitrogen and oxygen atoms in total. The molecule has 2 aromatic heterocycles. The van der Waals surface area contributed by atoms with Gasteiger partial charge in [-0.05, 0) is 43.5 Å². The van der Waals surface area contributed by atoms with Gasteiger partial charge in [0, 0.05) is 11.4 Å². The summed E-state index contributed by atoms with van der Waals surface area (Å²) in [5.74, 6) is 2.22. The van der Waals surface area contributed by atoms with Crippen LogP contribution in [0, 0.1) is 13.8 Å². The number of amides is 1. The van der Waals surface area contributed by atoms with Crippen molar-refractivity contribution >= 4 is 39.2 Å². The molecule has 3 aromatic rings. The largest absolute Gasteiger partial charge is 0.497 e. The summed E-state index contributed by atoms with van der Waals surface area (Å²) < 4.78 is 5.13. The number of hydrogen-bond donors (Lipinski definition) is 2. The van der Waals surface area contributed by atoms with Gasteiger partial charge in [0.1, 0.15) is 16.4 Å². The van der Waals surface area contributed by atoms with Crippen molar-refractivity contribution in [2.75, 3.05) is 19.4 Å². The van der Waals surface area contributed by atoms with E-state index in [0.29, 0.717) is 29.3 Å². The summed E-state index contributed by atoms with van der Waals surface area (Å²) in [5, 5.41) is 3.59. The van der Waals surface area contributed by atoms with E-state index in [-0.39, 0.29) is 11.5 Å². The number of fused-ring (bicyclic) bond motifs is 1. The molecule has 28 heavy (non-hydrogen) atoms. The van der Waals surface area contributed by atoms with Gasteiger partial charge in [-0.25, -0.2) is 4.98 Å². The van der Waals surface area contributed by atoms with E-state index in [4.69, 9.17) is 4.74 Å². The molecule has 0 aliphatic carbocycles. The SMILES string of the molecule is COc1ccc(CCNC(=O)CSCc2nc3sc(C)c(C)c3c(=O)[nH]2)cc1. The van der Waals surface area contributed by atoms with E-state index in [9.17, 15) is 9.59 Å². The highest BCUT2D eigenvalue weighted by molar-refractivity contribution is 7.99. The van der Waals surface area contributed by atoms with Crippen molar-refractivity contribution in [2.24, 2.45) is 0 Å². The van der Waals surface area contributed by atoms with E-state index < -0.39 is 0 Å². The maximum absolute atomic E-state index is 12.3. The first-order valence-corrected chi connectivity index (χ1v) is 10.9. The van der Waals surface area contributed by atoms with Crippen LogP contribution in [0.1, 0.15) is 21.8 Å². The average molecular weight is 418 g/mol. The molecule has 148 valence electrons. The Bertz CT molecular complexity index is 1030. The fourth-order valence-electron chi connectivity index (χ4n) is 2.80. The van der Waals surface area contributed by atoms with Gasteiger partial charge in [-0.1, -0.05) is 12.1 Å². The molecule has 0 atom stereocenters. The quantitative estimate of drug-likeness (QED) is 0.588. The zero-order valence-electron chi connectivity index (χ0n) is 16.1. The van der Waals surface area contributed by atoms with E-state index in [2.05, 4.69) is 15.3 Å². The third kappa shape index (κ3) is 4.94. The molecule has 2 heterocycles. The molecule has 0 spiro atoms. The number of aryl methyl sites for hydroxylation is 2. The van der Waals surface area contributed by atoms with Gasteiger partial charge in [-0.15, -0.1) is 23.1 Å². The van der Waals surface area contributed by atoms with Crippen LogP contribution >= 0.6 is 23.1 Å². The number of aromatic amines is 1. The molecular weight excluding hydrogens is 394 g/mol. The fraction of sp³-hybridized carbons (Fsp3) is 0.350. The van der Waals surface area contributed by atoms with E-state index in [1.54, 1.807) is 7.11 Å². The van der Waals surface area contributed by atoms with Gasteiger partial charge in [0.15, 0.2) is 0 Å². The Kier molecular flexibility index (Phi) is 6.74. The molecule has 0 saturated carbocycles. The first-order chi connectivity index (χ1) is 13.5. The number of H-pyrrole nitrogens is 1. The number of carbonyl (C=O) groups is 1. The van der Waals surface area contributed by atoms with Crippen molar-refractivity contribution in [1.82, 2.24) is 15.3 Å². The Morgan fingerprint density at radius 3 is 2.75 bits per heavy atom. The molecule has 3 rings (SSSR count). The number of thioether (sulfide) groups is 1. The Hall–Kier alpha value is -2.32. The highest BCUT2D eigenvalue weighted by atomic mass is 32.2. The van der Waals surface area contributed by atoms with Gasteiger partial charge in [0.05, 0.1) is 24.0 Å². The number of carbonyl (C=O) groups excluding carboxylic acids is 1. The molecular formula is C20H23N3O3S2. The second-order valence-electron chi connectivity index (χ2n) is 6.42. The average Bonchev–Trinajstić information content (AvgIpc) is 2.96. The number of aromatic nitrogens is 2. The zero-order chi connectivity index (χ0) is 20.1. The molecule has 0 aliphatic heterocycles. The van der Waals surface area contributed by atoms with Gasteiger partial charge in [0.2, 0.25) is 5.91 Å². The number of benzene rings is 1. The predicted molar refractivity (Wildman–Crippen MR) is 116 cm³/mol. The normalized spacial score (nSPS) is 11.0. The van der Waals surface area contributed by atoms with Gasteiger partial charge in [0.25, 0.3) is 5.56 Å². The molecule has 0 unspecified atom stereocenters. The molecule has 1 aromatic carbocycles. The standard InChI is InChI=1S/C20H23N3O3S2/c1-12-13(2)28-20-18(12)19(25)22-16(23-20)10-27-11-17(24)21-9-8-14-4-6-15(26-3)7-5-14/h4-7H,8-11H2,1-3H3,(H,21,24)(H,22,23,25).